The number of aryl methyl sites for hydroxylation is 1. The molecule has 1 aliphatic heterocycles. The normalized spacial score (nSPS) is 19.2. The van der Waals surface area contributed by atoms with E-state index in [4.69, 9.17) is 0 Å². The van der Waals surface area contributed by atoms with E-state index in [2.05, 4.69) is 31.2 Å². The van der Waals surface area contributed by atoms with E-state index in [1.165, 1.54) is 24.3 Å². The standard InChI is InChI=1S/C39H50F4N6O4.C2H6/c1-5-23(3)32(35(51)44-22-49-18-9-10-19-49)47-37(53)38(17-16-30-27(21-38)26-13-11-14-28(34(26)45-30)39(41,42)43)48-36(52)33(24(4)6-2)46-31(50)20-25-12-7-8-15-29(25)40;1-2/h7-8,11-15,23-24,32-33,45H,5-6,9-10,16-22H2,1-4H3,(H,44,51)(H,46,50)(H,47,53)(H,48,52);1-2H3/t23?,24?,32-,33-,38+;/m0./s1. The fourth-order valence-electron chi connectivity index (χ4n) is 7.34. The van der Waals surface area contributed by atoms with Crippen molar-refractivity contribution in [3.8, 4) is 0 Å². The molecule has 2 aliphatic rings. The fourth-order valence-corrected chi connectivity index (χ4v) is 7.34. The van der Waals surface area contributed by atoms with Crippen LogP contribution >= 0.6 is 0 Å². The highest BCUT2D eigenvalue weighted by Gasteiger charge is 2.47. The maximum absolute atomic E-state index is 14.7. The summed E-state index contributed by atoms with van der Waals surface area (Å²) in [6.45, 7) is 13.4. The van der Waals surface area contributed by atoms with Crippen LogP contribution in [0.5, 0.6) is 0 Å². The van der Waals surface area contributed by atoms with E-state index in [0.717, 1.165) is 32.0 Å². The molecule has 2 aromatic carbocycles. The topological polar surface area (TPSA) is 135 Å². The Balaban J connectivity index is 0.00000331. The largest absolute Gasteiger partial charge is 0.418 e. The SMILES string of the molecule is CC.CCC(C)[C@H](NC(=O)Cc1ccccc1F)C(=O)N[C@]1(C(=O)N[C@H](C(=O)NCN2CCCC2)C(C)CC)CCc2[nH]c3c(C(F)(F)F)cccc3c2C1. The second kappa shape index (κ2) is 18.9. The maximum atomic E-state index is 14.7. The molecule has 0 saturated carbocycles. The summed E-state index contributed by atoms with van der Waals surface area (Å²) in [5.41, 5.74) is -1.52. The minimum atomic E-state index is -4.63. The quantitative estimate of drug-likeness (QED) is 0.125. The zero-order chi connectivity index (χ0) is 40.5. The number of rotatable bonds is 14. The first-order valence-electron chi connectivity index (χ1n) is 19.5. The Morgan fingerprint density at radius 3 is 2.15 bits per heavy atom. The lowest BCUT2D eigenvalue weighted by Crippen LogP contribution is -2.67. The van der Waals surface area contributed by atoms with Crippen LogP contribution in [-0.4, -0.2) is 70.9 Å². The van der Waals surface area contributed by atoms with Gasteiger partial charge in [0, 0.05) is 17.5 Å². The van der Waals surface area contributed by atoms with Gasteiger partial charge in [-0.25, -0.2) is 4.39 Å². The van der Waals surface area contributed by atoms with Crippen LogP contribution < -0.4 is 21.3 Å². The minimum Gasteiger partial charge on any atom is -0.358 e. The lowest BCUT2D eigenvalue weighted by molar-refractivity contribution is -0.139. The maximum Gasteiger partial charge on any atom is 0.418 e. The molecule has 302 valence electrons. The number of carbonyl (C=O) groups excluding carboxylic acids is 4. The third-order valence-corrected chi connectivity index (χ3v) is 11.0. The zero-order valence-corrected chi connectivity index (χ0v) is 32.7. The van der Waals surface area contributed by atoms with Crippen LogP contribution in [0, 0.1) is 17.7 Å². The average Bonchev–Trinajstić information content (AvgIpc) is 3.83. The van der Waals surface area contributed by atoms with Crippen molar-refractivity contribution in [2.45, 2.75) is 117 Å². The first-order chi connectivity index (χ1) is 26.2. The first kappa shape index (κ1) is 43.3. The summed E-state index contributed by atoms with van der Waals surface area (Å²) in [4.78, 5) is 60.8. The van der Waals surface area contributed by atoms with Gasteiger partial charge in [-0.05, 0) is 73.9 Å². The summed E-state index contributed by atoms with van der Waals surface area (Å²) < 4.78 is 56.5. The number of para-hydroxylation sites is 1. The number of alkyl halides is 3. The van der Waals surface area contributed by atoms with Gasteiger partial charge in [0.15, 0.2) is 0 Å². The van der Waals surface area contributed by atoms with E-state index in [1.807, 2.05) is 34.6 Å². The third-order valence-electron chi connectivity index (χ3n) is 11.0. The number of likely N-dealkylation sites (tertiary alicyclic amines) is 1. The highest BCUT2D eigenvalue weighted by Crippen LogP contribution is 2.40. The van der Waals surface area contributed by atoms with E-state index in [9.17, 15) is 36.7 Å². The van der Waals surface area contributed by atoms with Crippen LogP contribution in [0.1, 0.15) is 96.0 Å². The number of hydrogen-bond donors (Lipinski definition) is 5. The van der Waals surface area contributed by atoms with Crippen molar-refractivity contribution in [3.05, 3.63) is 70.7 Å². The van der Waals surface area contributed by atoms with Gasteiger partial charge in [-0.3, -0.25) is 24.1 Å². The molecule has 3 aromatic rings. The molecule has 10 nitrogen and oxygen atoms in total. The number of aromatic amines is 1. The molecule has 5 N–H and O–H groups in total. The monoisotopic (exact) mass is 772 g/mol. The molecule has 0 radical (unpaired) electrons. The van der Waals surface area contributed by atoms with Gasteiger partial charge < -0.3 is 26.3 Å². The summed E-state index contributed by atoms with van der Waals surface area (Å²) in [5.74, 6) is -3.56. The van der Waals surface area contributed by atoms with Crippen LogP contribution in [0.4, 0.5) is 17.6 Å². The van der Waals surface area contributed by atoms with Crippen molar-refractivity contribution >= 4 is 34.5 Å². The van der Waals surface area contributed by atoms with Crippen LogP contribution in [0.3, 0.4) is 0 Å². The van der Waals surface area contributed by atoms with Crippen LogP contribution in [0.2, 0.25) is 0 Å². The Hall–Kier alpha value is -4.46. The number of nitrogens with zero attached hydrogens (tertiary/aromatic N) is 1. The number of aromatic nitrogens is 1. The highest BCUT2D eigenvalue weighted by atomic mass is 19.4. The van der Waals surface area contributed by atoms with Crippen molar-refractivity contribution < 1.29 is 36.7 Å². The fraction of sp³-hybridized carbons (Fsp3) is 0.561. The summed E-state index contributed by atoms with van der Waals surface area (Å²) in [6.07, 6.45) is -1.90. The number of nitrogens with one attached hydrogen (secondary N) is 5. The van der Waals surface area contributed by atoms with E-state index in [0.29, 0.717) is 30.8 Å². The number of benzene rings is 2. The molecule has 14 heteroatoms. The van der Waals surface area contributed by atoms with Crippen molar-refractivity contribution in [2.24, 2.45) is 11.8 Å². The Morgan fingerprint density at radius 1 is 0.891 bits per heavy atom. The predicted octanol–water partition coefficient (Wildman–Crippen LogP) is 6.17. The lowest BCUT2D eigenvalue weighted by atomic mass is 9.78. The van der Waals surface area contributed by atoms with E-state index < -0.39 is 58.8 Å². The molecule has 1 fully saturated rings. The number of halogens is 4. The van der Waals surface area contributed by atoms with Crippen molar-refractivity contribution in [1.29, 1.82) is 0 Å². The third kappa shape index (κ3) is 10.2. The number of carbonyl (C=O) groups is 4. The Morgan fingerprint density at radius 2 is 1.53 bits per heavy atom. The molecular formula is C41H56F4N6O4. The lowest BCUT2D eigenvalue weighted by Gasteiger charge is -2.40. The van der Waals surface area contributed by atoms with Gasteiger partial charge in [0.1, 0.15) is 23.4 Å². The molecule has 5 atom stereocenters. The molecule has 55 heavy (non-hydrogen) atoms. The summed E-state index contributed by atoms with van der Waals surface area (Å²) >= 11 is 0. The van der Waals surface area contributed by atoms with Gasteiger partial charge in [0.2, 0.25) is 23.6 Å². The van der Waals surface area contributed by atoms with Crippen LogP contribution in [-0.2, 0) is 44.6 Å². The molecule has 1 aliphatic carbocycles. The number of H-pyrrole nitrogens is 1. The van der Waals surface area contributed by atoms with Gasteiger partial charge in [-0.15, -0.1) is 0 Å². The van der Waals surface area contributed by atoms with Gasteiger partial charge >= 0.3 is 6.18 Å². The van der Waals surface area contributed by atoms with Gasteiger partial charge in [0.05, 0.1) is 24.2 Å². The molecular weight excluding hydrogens is 716 g/mol. The van der Waals surface area contributed by atoms with Crippen LogP contribution in [0.15, 0.2) is 42.5 Å². The summed E-state index contributed by atoms with van der Waals surface area (Å²) in [7, 11) is 0. The molecule has 1 aromatic heterocycles. The van der Waals surface area contributed by atoms with Crippen molar-refractivity contribution in [1.82, 2.24) is 31.2 Å². The number of amides is 4. The van der Waals surface area contributed by atoms with Gasteiger partial charge in [0.25, 0.3) is 0 Å². The summed E-state index contributed by atoms with van der Waals surface area (Å²) in [5, 5.41) is 11.8. The zero-order valence-electron chi connectivity index (χ0n) is 32.7. The molecule has 5 rings (SSSR count). The van der Waals surface area contributed by atoms with E-state index in [1.54, 1.807) is 19.1 Å². The molecule has 2 unspecified atom stereocenters. The van der Waals surface area contributed by atoms with Crippen molar-refractivity contribution in [2.75, 3.05) is 19.8 Å². The second-order valence-corrected chi connectivity index (χ2v) is 14.6. The predicted molar refractivity (Wildman–Crippen MR) is 204 cm³/mol. The van der Waals surface area contributed by atoms with Crippen molar-refractivity contribution in [3.63, 3.8) is 0 Å². The second-order valence-electron chi connectivity index (χ2n) is 14.6. The van der Waals surface area contributed by atoms with Gasteiger partial charge in [-0.2, -0.15) is 13.2 Å². The first-order valence-corrected chi connectivity index (χ1v) is 19.5. The molecule has 1 saturated heterocycles. The van der Waals surface area contributed by atoms with E-state index in [-0.39, 0.29) is 54.0 Å². The molecule has 2 heterocycles. The minimum absolute atomic E-state index is 0.00473. The van der Waals surface area contributed by atoms with Gasteiger partial charge in [-0.1, -0.05) is 84.7 Å². The Bertz CT molecular complexity index is 1810. The number of hydrogen-bond acceptors (Lipinski definition) is 5. The average molecular weight is 773 g/mol. The molecule has 0 spiro atoms. The highest BCUT2D eigenvalue weighted by molar-refractivity contribution is 5.98. The number of fused-ring (bicyclic) bond motifs is 3. The molecule has 4 amide bonds. The van der Waals surface area contributed by atoms with E-state index >= 15 is 0 Å². The smallest absolute Gasteiger partial charge is 0.358 e. The van der Waals surface area contributed by atoms with Crippen LogP contribution in [0.25, 0.3) is 10.9 Å². The Labute approximate surface area is 320 Å². The molecule has 0 bridgehead atoms. The Kier molecular flexibility index (Phi) is 14.9. The summed E-state index contributed by atoms with van der Waals surface area (Å²) in [6, 6.07) is 7.59.